The van der Waals surface area contributed by atoms with Crippen molar-refractivity contribution in [2.24, 2.45) is 0 Å². The van der Waals surface area contributed by atoms with Crippen LogP contribution in [0.4, 0.5) is 5.82 Å². The summed E-state index contributed by atoms with van der Waals surface area (Å²) in [5.74, 6) is 1.94. The number of hydrogen-bond donors (Lipinski definition) is 0. The molecule has 0 N–H and O–H groups in total. The van der Waals surface area contributed by atoms with Crippen LogP contribution in [0.25, 0.3) is 21.5 Å². The third-order valence-electron chi connectivity index (χ3n) is 5.60. The first-order chi connectivity index (χ1) is 15.3. The van der Waals surface area contributed by atoms with E-state index in [1.54, 1.807) is 6.33 Å². The lowest BCUT2D eigenvalue weighted by atomic mass is 10.1. The smallest absolute Gasteiger partial charge is 0.151 e. The Hall–Kier alpha value is -3.03. The van der Waals surface area contributed by atoms with Gasteiger partial charge < -0.3 is 9.64 Å². The molecule has 0 aliphatic carbocycles. The Kier molecular flexibility index (Phi) is 5.78. The van der Waals surface area contributed by atoms with E-state index in [0.717, 1.165) is 65.8 Å². The van der Waals surface area contributed by atoms with E-state index in [9.17, 15) is 0 Å². The molecule has 1 fully saturated rings. The van der Waals surface area contributed by atoms with Gasteiger partial charge >= 0.3 is 0 Å². The second-order valence-corrected chi connectivity index (χ2v) is 8.39. The molecule has 0 spiro atoms. The summed E-state index contributed by atoms with van der Waals surface area (Å²) in [6.07, 6.45) is 1.67. The number of piperazine rings is 1. The van der Waals surface area contributed by atoms with Gasteiger partial charge in [0.15, 0.2) is 5.82 Å². The van der Waals surface area contributed by atoms with E-state index in [1.165, 1.54) is 17.1 Å². The molecule has 0 bridgehead atoms. The van der Waals surface area contributed by atoms with Gasteiger partial charge in [-0.2, -0.15) is 4.37 Å². The van der Waals surface area contributed by atoms with Crippen LogP contribution in [0.5, 0.6) is 5.75 Å². The monoisotopic (exact) mass is 431 g/mol. The maximum absolute atomic E-state index is 5.54. The van der Waals surface area contributed by atoms with Crippen LogP contribution >= 0.6 is 11.5 Å². The van der Waals surface area contributed by atoms with Gasteiger partial charge in [0.2, 0.25) is 0 Å². The molecular weight excluding hydrogens is 406 g/mol. The zero-order valence-electron chi connectivity index (χ0n) is 17.6. The fourth-order valence-corrected chi connectivity index (χ4v) is 4.87. The SMILES string of the molecule is CCOc1ccc(CN2CCN(c3ncnc4c(-c5ccccc5)nsc34)CC2)cc1. The fraction of sp³-hybridized carbons (Fsp3) is 0.292. The molecule has 2 aromatic carbocycles. The molecule has 2 aromatic heterocycles. The van der Waals surface area contributed by atoms with Gasteiger partial charge in [0, 0.05) is 38.3 Å². The Balaban J connectivity index is 1.28. The Labute approximate surface area is 186 Å². The van der Waals surface area contributed by atoms with Gasteiger partial charge in [0.05, 0.1) is 6.61 Å². The van der Waals surface area contributed by atoms with Crippen molar-refractivity contribution >= 4 is 27.6 Å². The molecule has 1 aliphatic heterocycles. The summed E-state index contributed by atoms with van der Waals surface area (Å²) in [5.41, 5.74) is 4.30. The Bertz CT molecular complexity index is 1140. The van der Waals surface area contributed by atoms with Crippen molar-refractivity contribution in [1.82, 2.24) is 19.2 Å². The van der Waals surface area contributed by atoms with Gasteiger partial charge in [-0.25, -0.2) is 9.97 Å². The minimum Gasteiger partial charge on any atom is -0.494 e. The van der Waals surface area contributed by atoms with Gasteiger partial charge in [0.25, 0.3) is 0 Å². The minimum absolute atomic E-state index is 0.699. The Morgan fingerprint density at radius 2 is 1.71 bits per heavy atom. The Morgan fingerprint density at radius 1 is 0.935 bits per heavy atom. The van der Waals surface area contributed by atoms with Crippen LogP contribution in [0.3, 0.4) is 0 Å². The third kappa shape index (κ3) is 4.24. The molecule has 0 saturated carbocycles. The predicted molar refractivity (Wildman–Crippen MR) is 126 cm³/mol. The summed E-state index contributed by atoms with van der Waals surface area (Å²) in [6, 6.07) is 18.7. The highest BCUT2D eigenvalue weighted by Gasteiger charge is 2.22. The number of rotatable bonds is 6. The molecule has 4 aromatic rings. The first-order valence-electron chi connectivity index (χ1n) is 10.7. The molecule has 0 radical (unpaired) electrons. The van der Waals surface area contributed by atoms with E-state index >= 15 is 0 Å². The molecule has 0 atom stereocenters. The zero-order valence-corrected chi connectivity index (χ0v) is 18.4. The zero-order chi connectivity index (χ0) is 21.0. The molecule has 31 heavy (non-hydrogen) atoms. The maximum atomic E-state index is 5.54. The second-order valence-electron chi connectivity index (χ2n) is 7.61. The molecule has 7 heteroatoms. The average molecular weight is 432 g/mol. The van der Waals surface area contributed by atoms with E-state index in [-0.39, 0.29) is 0 Å². The number of anilines is 1. The van der Waals surface area contributed by atoms with Crippen molar-refractivity contribution in [3.63, 3.8) is 0 Å². The first kappa shape index (κ1) is 19.9. The van der Waals surface area contributed by atoms with Gasteiger partial charge in [-0.1, -0.05) is 42.5 Å². The minimum atomic E-state index is 0.699. The van der Waals surface area contributed by atoms with Crippen LogP contribution in [0.2, 0.25) is 0 Å². The van der Waals surface area contributed by atoms with E-state index in [2.05, 4.69) is 56.2 Å². The van der Waals surface area contributed by atoms with Crippen LogP contribution in [0.1, 0.15) is 12.5 Å². The van der Waals surface area contributed by atoms with Crippen molar-refractivity contribution in [2.45, 2.75) is 13.5 Å². The molecule has 158 valence electrons. The number of aromatic nitrogens is 3. The van der Waals surface area contributed by atoms with E-state index in [1.807, 2.05) is 25.1 Å². The van der Waals surface area contributed by atoms with Crippen LogP contribution in [0, 0.1) is 0 Å². The molecule has 3 heterocycles. The molecule has 6 nitrogen and oxygen atoms in total. The molecule has 5 rings (SSSR count). The second kappa shape index (κ2) is 8.99. The van der Waals surface area contributed by atoms with E-state index < -0.39 is 0 Å². The van der Waals surface area contributed by atoms with Crippen LogP contribution < -0.4 is 9.64 Å². The summed E-state index contributed by atoms with van der Waals surface area (Å²) in [5, 5.41) is 0. The van der Waals surface area contributed by atoms with E-state index in [4.69, 9.17) is 9.11 Å². The fourth-order valence-electron chi connectivity index (χ4n) is 4.00. The highest BCUT2D eigenvalue weighted by Crippen LogP contribution is 2.34. The number of ether oxygens (including phenoxy) is 1. The summed E-state index contributed by atoms with van der Waals surface area (Å²) >= 11 is 1.50. The number of nitrogens with zero attached hydrogens (tertiary/aromatic N) is 5. The largest absolute Gasteiger partial charge is 0.494 e. The predicted octanol–water partition coefficient (Wildman–Crippen LogP) is 4.47. The molecule has 0 unspecified atom stereocenters. The van der Waals surface area contributed by atoms with Crippen molar-refractivity contribution in [3.8, 4) is 17.0 Å². The van der Waals surface area contributed by atoms with Crippen molar-refractivity contribution in [3.05, 3.63) is 66.5 Å². The molecule has 0 amide bonds. The summed E-state index contributed by atoms with van der Waals surface area (Å²) < 4.78 is 11.3. The highest BCUT2D eigenvalue weighted by atomic mass is 32.1. The highest BCUT2D eigenvalue weighted by molar-refractivity contribution is 7.14. The average Bonchev–Trinajstić information content (AvgIpc) is 3.26. The first-order valence-corrected chi connectivity index (χ1v) is 11.4. The van der Waals surface area contributed by atoms with Gasteiger partial charge in [0.1, 0.15) is 28.0 Å². The van der Waals surface area contributed by atoms with Crippen LogP contribution in [-0.2, 0) is 6.54 Å². The lowest BCUT2D eigenvalue weighted by Gasteiger charge is -2.35. The summed E-state index contributed by atoms with van der Waals surface area (Å²) in [7, 11) is 0. The Morgan fingerprint density at radius 3 is 2.45 bits per heavy atom. The van der Waals surface area contributed by atoms with Crippen molar-refractivity contribution < 1.29 is 4.74 Å². The van der Waals surface area contributed by atoms with Gasteiger partial charge in [-0.3, -0.25) is 4.90 Å². The quantitative estimate of drug-likeness (QED) is 0.449. The summed E-state index contributed by atoms with van der Waals surface area (Å²) in [4.78, 5) is 14.0. The van der Waals surface area contributed by atoms with Crippen molar-refractivity contribution in [1.29, 1.82) is 0 Å². The number of fused-ring (bicyclic) bond motifs is 1. The topological polar surface area (TPSA) is 54.4 Å². The normalized spacial score (nSPS) is 14.8. The third-order valence-corrected chi connectivity index (χ3v) is 6.43. The maximum Gasteiger partial charge on any atom is 0.151 e. The number of hydrogen-bond acceptors (Lipinski definition) is 7. The van der Waals surface area contributed by atoms with E-state index in [0.29, 0.717) is 6.61 Å². The van der Waals surface area contributed by atoms with Gasteiger partial charge in [-0.15, -0.1) is 0 Å². The molecule has 1 aliphatic rings. The van der Waals surface area contributed by atoms with Crippen LogP contribution in [-0.4, -0.2) is 52.0 Å². The summed E-state index contributed by atoms with van der Waals surface area (Å²) in [6.45, 7) is 7.56. The lowest BCUT2D eigenvalue weighted by molar-refractivity contribution is 0.249. The van der Waals surface area contributed by atoms with Crippen LogP contribution in [0.15, 0.2) is 60.9 Å². The molecule has 1 saturated heterocycles. The number of benzene rings is 2. The molecular formula is C24H25N5OS. The van der Waals surface area contributed by atoms with Gasteiger partial charge in [-0.05, 0) is 36.2 Å². The lowest BCUT2D eigenvalue weighted by Crippen LogP contribution is -2.46. The standard InChI is InChI=1S/C24H25N5OS/c1-2-30-20-10-8-18(9-11-20)16-28-12-14-29(15-13-28)24-23-22(25-17-26-24)21(27-31-23)19-6-4-3-5-7-19/h3-11,17H,2,12-16H2,1H3. The van der Waals surface area contributed by atoms with Crippen molar-refractivity contribution in [2.75, 3.05) is 37.7 Å².